The minimum absolute atomic E-state index is 0.327. The van der Waals surface area contributed by atoms with Crippen LogP contribution in [0.5, 0.6) is 0 Å². The maximum atomic E-state index is 13.5. The molecule has 1 aromatic carbocycles. The molecule has 150 valence electrons. The minimum Gasteiger partial charge on any atom is -0.325 e. The van der Waals surface area contributed by atoms with Gasteiger partial charge in [0.1, 0.15) is 6.67 Å². The molecule has 0 spiro atoms. The summed E-state index contributed by atoms with van der Waals surface area (Å²) < 4.78 is 53.3. The molecule has 1 atom stereocenters. The molecule has 2 N–H and O–H groups in total. The molecule has 0 fully saturated rings. The van der Waals surface area contributed by atoms with Crippen molar-refractivity contribution >= 4 is 11.7 Å². The molecule has 29 heavy (non-hydrogen) atoms. The Morgan fingerprint density at radius 3 is 2.38 bits per heavy atom. The van der Waals surface area contributed by atoms with Crippen molar-refractivity contribution in [1.82, 2.24) is 15.3 Å². The second-order valence-electron chi connectivity index (χ2n) is 6.08. The number of carbonyl (C=O) groups is 1. The monoisotopic (exact) mass is 404 g/mol. The van der Waals surface area contributed by atoms with Crippen molar-refractivity contribution in [2.75, 3.05) is 5.32 Å². The number of hydrogen-bond acceptors (Lipinski definition) is 3. The Morgan fingerprint density at radius 1 is 1.03 bits per heavy atom. The highest BCUT2D eigenvalue weighted by Crippen LogP contribution is 2.35. The first-order chi connectivity index (χ1) is 13.9. The molecule has 0 aliphatic heterocycles. The van der Waals surface area contributed by atoms with Gasteiger partial charge in [-0.3, -0.25) is 9.97 Å². The number of alkyl halides is 4. The number of aromatic nitrogens is 2. The lowest BCUT2D eigenvalue weighted by Gasteiger charge is -2.22. The number of urea groups is 1. The number of nitrogens with zero attached hydrogens (tertiary/aromatic N) is 2. The van der Waals surface area contributed by atoms with E-state index in [1.807, 2.05) is 0 Å². The zero-order valence-electron chi connectivity index (χ0n) is 14.9. The fourth-order valence-corrected chi connectivity index (χ4v) is 2.73. The maximum absolute atomic E-state index is 13.5. The largest absolute Gasteiger partial charge is 0.418 e. The van der Waals surface area contributed by atoms with Gasteiger partial charge in [-0.1, -0.05) is 24.3 Å². The molecule has 3 rings (SSSR count). The van der Waals surface area contributed by atoms with Crippen LogP contribution in [0.25, 0.3) is 0 Å². The number of amides is 2. The van der Waals surface area contributed by atoms with E-state index in [0.29, 0.717) is 16.8 Å². The van der Waals surface area contributed by atoms with Crippen LogP contribution < -0.4 is 10.6 Å². The Hall–Kier alpha value is -3.49. The van der Waals surface area contributed by atoms with Gasteiger partial charge in [0.15, 0.2) is 0 Å². The van der Waals surface area contributed by atoms with Gasteiger partial charge >= 0.3 is 12.2 Å². The molecule has 0 aliphatic carbocycles. The normalized spacial score (nSPS) is 12.3. The van der Waals surface area contributed by atoms with E-state index < -0.39 is 30.5 Å². The summed E-state index contributed by atoms with van der Waals surface area (Å²) >= 11 is 0. The van der Waals surface area contributed by atoms with Crippen LogP contribution in [-0.2, 0) is 12.9 Å². The topological polar surface area (TPSA) is 66.9 Å². The van der Waals surface area contributed by atoms with Crippen LogP contribution in [0.2, 0.25) is 0 Å². The highest BCUT2D eigenvalue weighted by atomic mass is 19.4. The Morgan fingerprint density at radius 2 is 1.76 bits per heavy atom. The lowest BCUT2D eigenvalue weighted by Crippen LogP contribution is -2.35. The number of carbonyl (C=O) groups excluding carboxylic acids is 1. The summed E-state index contributed by atoms with van der Waals surface area (Å²) in [6.07, 6.45) is -0.537. The zero-order chi connectivity index (χ0) is 20.9. The van der Waals surface area contributed by atoms with Gasteiger partial charge in [-0.2, -0.15) is 13.2 Å². The van der Waals surface area contributed by atoms with Gasteiger partial charge in [-0.25, -0.2) is 9.18 Å². The Balaban J connectivity index is 1.97. The van der Waals surface area contributed by atoms with E-state index in [-0.39, 0.29) is 5.69 Å². The van der Waals surface area contributed by atoms with Crippen molar-refractivity contribution in [2.45, 2.75) is 18.9 Å². The number of rotatable bonds is 5. The molecule has 3 aromatic rings. The molecule has 0 bridgehead atoms. The third-order valence-electron chi connectivity index (χ3n) is 4.08. The van der Waals surface area contributed by atoms with Crippen LogP contribution in [0, 0.1) is 0 Å². The first kappa shape index (κ1) is 20.2. The van der Waals surface area contributed by atoms with E-state index >= 15 is 0 Å². The summed E-state index contributed by atoms with van der Waals surface area (Å²) in [5.74, 6) is 0. The molecule has 0 radical (unpaired) electrons. The van der Waals surface area contributed by atoms with E-state index in [1.165, 1.54) is 48.9 Å². The van der Waals surface area contributed by atoms with Gasteiger partial charge in [0.05, 0.1) is 29.2 Å². The number of anilines is 1. The third-order valence-corrected chi connectivity index (χ3v) is 4.08. The summed E-state index contributed by atoms with van der Waals surface area (Å²) in [5, 5.41) is 5.03. The Bertz CT molecular complexity index is 962. The summed E-state index contributed by atoms with van der Waals surface area (Å²) in [6.45, 7) is -0.711. The quantitative estimate of drug-likeness (QED) is 0.596. The van der Waals surface area contributed by atoms with E-state index in [2.05, 4.69) is 20.6 Å². The molecule has 2 aromatic heterocycles. The molecule has 5 nitrogen and oxygen atoms in total. The van der Waals surface area contributed by atoms with E-state index in [0.717, 1.165) is 6.07 Å². The van der Waals surface area contributed by atoms with Crippen molar-refractivity contribution in [1.29, 1.82) is 0 Å². The maximum Gasteiger partial charge on any atom is 0.418 e. The summed E-state index contributed by atoms with van der Waals surface area (Å²) in [7, 11) is 0. The van der Waals surface area contributed by atoms with Crippen molar-refractivity contribution in [3.63, 3.8) is 0 Å². The standard InChI is InChI=1S/C20H16F4N4O/c21-11-13-5-7-14(8-6-13)17(18-16(20(22,23)24)4-2-10-26-18)28-19(29)27-15-3-1-9-25-12-15/h1-10,12,17H,11H2,(H2,27,28,29)/t17-/m0/s1. The van der Waals surface area contributed by atoms with E-state index in [9.17, 15) is 22.4 Å². The fourth-order valence-electron chi connectivity index (χ4n) is 2.73. The second-order valence-corrected chi connectivity index (χ2v) is 6.08. The lowest BCUT2D eigenvalue weighted by molar-refractivity contribution is -0.138. The number of pyridine rings is 2. The first-order valence-corrected chi connectivity index (χ1v) is 8.53. The van der Waals surface area contributed by atoms with Crippen LogP contribution in [0.3, 0.4) is 0 Å². The smallest absolute Gasteiger partial charge is 0.325 e. The highest BCUT2D eigenvalue weighted by molar-refractivity contribution is 5.89. The summed E-state index contributed by atoms with van der Waals surface area (Å²) in [6, 6.07) is 9.10. The molecule has 0 saturated carbocycles. The lowest BCUT2D eigenvalue weighted by atomic mass is 9.98. The Kier molecular flexibility index (Phi) is 6.06. The molecule has 0 unspecified atom stereocenters. The average Bonchev–Trinajstić information content (AvgIpc) is 2.72. The van der Waals surface area contributed by atoms with Gasteiger partial charge in [0.25, 0.3) is 0 Å². The van der Waals surface area contributed by atoms with Crippen LogP contribution in [0.15, 0.2) is 67.1 Å². The molecule has 9 heteroatoms. The molecule has 0 saturated heterocycles. The molecule has 0 aliphatic rings. The number of nitrogens with one attached hydrogen (secondary N) is 2. The van der Waals surface area contributed by atoms with Crippen LogP contribution in [-0.4, -0.2) is 16.0 Å². The van der Waals surface area contributed by atoms with E-state index in [1.54, 1.807) is 12.1 Å². The Labute approximate surface area is 163 Å². The van der Waals surface area contributed by atoms with Gasteiger partial charge in [-0.15, -0.1) is 0 Å². The molecule has 2 heterocycles. The first-order valence-electron chi connectivity index (χ1n) is 8.53. The SMILES string of the molecule is O=C(Nc1cccnc1)N[C@@H](c1ccc(CF)cc1)c1ncccc1C(F)(F)F. The molecular weight excluding hydrogens is 388 g/mol. The summed E-state index contributed by atoms with van der Waals surface area (Å²) in [4.78, 5) is 20.2. The van der Waals surface area contributed by atoms with Gasteiger partial charge in [0.2, 0.25) is 0 Å². The van der Waals surface area contributed by atoms with Gasteiger partial charge < -0.3 is 10.6 Å². The van der Waals surface area contributed by atoms with Crippen molar-refractivity contribution < 1.29 is 22.4 Å². The predicted molar refractivity (Wildman–Crippen MR) is 98.7 cm³/mol. The van der Waals surface area contributed by atoms with Gasteiger partial charge in [0, 0.05) is 12.4 Å². The van der Waals surface area contributed by atoms with Crippen molar-refractivity contribution in [2.24, 2.45) is 0 Å². The average molecular weight is 404 g/mol. The number of benzene rings is 1. The van der Waals surface area contributed by atoms with Gasteiger partial charge in [-0.05, 0) is 35.4 Å². The summed E-state index contributed by atoms with van der Waals surface area (Å²) in [5.41, 5.74) is -0.277. The van der Waals surface area contributed by atoms with Crippen LogP contribution >= 0.6 is 0 Å². The van der Waals surface area contributed by atoms with E-state index in [4.69, 9.17) is 0 Å². The number of halogens is 4. The highest BCUT2D eigenvalue weighted by Gasteiger charge is 2.37. The van der Waals surface area contributed by atoms with Crippen molar-refractivity contribution in [3.8, 4) is 0 Å². The number of hydrogen-bond donors (Lipinski definition) is 2. The van der Waals surface area contributed by atoms with Crippen molar-refractivity contribution in [3.05, 3.63) is 89.5 Å². The molecular formula is C20H16F4N4O. The minimum atomic E-state index is -4.66. The zero-order valence-corrected chi connectivity index (χ0v) is 14.9. The second kappa shape index (κ2) is 8.68. The fraction of sp³-hybridized carbons (Fsp3) is 0.150. The third kappa shape index (κ3) is 5.07. The predicted octanol–water partition coefficient (Wildman–Crippen LogP) is 4.88. The van der Waals surface area contributed by atoms with Crippen LogP contribution in [0.1, 0.15) is 28.4 Å². The van der Waals surface area contributed by atoms with Crippen LogP contribution in [0.4, 0.5) is 28.0 Å². The molecule has 2 amide bonds.